The number of para-hydroxylation sites is 1. The van der Waals surface area contributed by atoms with Crippen molar-refractivity contribution in [2.24, 2.45) is 0 Å². The van der Waals surface area contributed by atoms with Crippen molar-refractivity contribution >= 4 is 22.1 Å². The third kappa shape index (κ3) is 2.13. The van der Waals surface area contributed by atoms with Crippen LogP contribution in [0.4, 0.5) is 11.4 Å². The van der Waals surface area contributed by atoms with Gasteiger partial charge in [-0.25, -0.2) is 0 Å². The van der Waals surface area contributed by atoms with Crippen LogP contribution < -0.4 is 10.9 Å². The first-order valence-corrected chi connectivity index (χ1v) is 5.98. The van der Waals surface area contributed by atoms with Crippen LogP contribution in [0.15, 0.2) is 72.8 Å². The number of hydrogen-bond acceptors (Lipinski definition) is 2. The van der Waals surface area contributed by atoms with Gasteiger partial charge in [-0.3, -0.25) is 0 Å². The Morgan fingerprint density at radius 2 is 1.28 bits per heavy atom. The zero-order chi connectivity index (χ0) is 12.2. The van der Waals surface area contributed by atoms with Gasteiger partial charge in [0.25, 0.3) is 0 Å². The fourth-order valence-electron chi connectivity index (χ4n) is 2.00. The first kappa shape index (κ1) is 10.7. The first-order chi connectivity index (χ1) is 8.93. The molecule has 2 N–H and O–H groups in total. The highest BCUT2D eigenvalue weighted by molar-refractivity contribution is 5.94. The Kier molecular flexibility index (Phi) is 2.84. The lowest BCUT2D eigenvalue weighted by molar-refractivity contribution is 1.43. The molecule has 0 heterocycles. The number of hydrazine groups is 1. The molecule has 0 aliphatic rings. The molecule has 0 radical (unpaired) electrons. The van der Waals surface area contributed by atoms with E-state index in [1.807, 2.05) is 30.3 Å². The fourth-order valence-corrected chi connectivity index (χ4v) is 2.00. The Morgan fingerprint density at radius 1 is 0.556 bits per heavy atom. The SMILES string of the molecule is c1ccc(NNc2cccc3ccccc23)cc1. The highest BCUT2D eigenvalue weighted by atomic mass is 15.4. The van der Waals surface area contributed by atoms with Crippen LogP contribution in [0.5, 0.6) is 0 Å². The van der Waals surface area contributed by atoms with E-state index in [0.717, 1.165) is 11.4 Å². The van der Waals surface area contributed by atoms with E-state index >= 15 is 0 Å². The summed E-state index contributed by atoms with van der Waals surface area (Å²) in [4.78, 5) is 0. The summed E-state index contributed by atoms with van der Waals surface area (Å²) in [5, 5.41) is 2.45. The van der Waals surface area contributed by atoms with Crippen molar-refractivity contribution < 1.29 is 0 Å². The van der Waals surface area contributed by atoms with Gasteiger partial charge in [-0.05, 0) is 23.6 Å². The molecule has 0 spiro atoms. The molecule has 18 heavy (non-hydrogen) atoms. The van der Waals surface area contributed by atoms with Gasteiger partial charge in [-0.2, -0.15) is 0 Å². The largest absolute Gasteiger partial charge is 0.301 e. The molecular formula is C16H14N2. The van der Waals surface area contributed by atoms with Crippen LogP contribution in [0.2, 0.25) is 0 Å². The van der Waals surface area contributed by atoms with Gasteiger partial charge in [0, 0.05) is 5.39 Å². The summed E-state index contributed by atoms with van der Waals surface area (Å²) in [5.74, 6) is 0. The van der Waals surface area contributed by atoms with Crippen molar-refractivity contribution in [3.63, 3.8) is 0 Å². The lowest BCUT2D eigenvalue weighted by Gasteiger charge is -2.11. The molecule has 0 atom stereocenters. The highest BCUT2D eigenvalue weighted by Gasteiger charge is 1.98. The second-order valence-electron chi connectivity index (χ2n) is 4.14. The maximum absolute atomic E-state index is 3.25. The van der Waals surface area contributed by atoms with Gasteiger partial charge < -0.3 is 10.9 Å². The van der Waals surface area contributed by atoms with E-state index in [9.17, 15) is 0 Å². The Morgan fingerprint density at radius 3 is 2.17 bits per heavy atom. The van der Waals surface area contributed by atoms with Crippen molar-refractivity contribution in [3.05, 3.63) is 72.8 Å². The monoisotopic (exact) mass is 234 g/mol. The molecule has 0 amide bonds. The Hall–Kier alpha value is -2.48. The Labute approximate surface area is 106 Å². The third-order valence-corrected chi connectivity index (χ3v) is 2.90. The normalized spacial score (nSPS) is 10.2. The molecule has 3 aromatic rings. The standard InChI is InChI=1S/C16H14N2/c1-2-9-14(10-3-1)17-18-16-12-6-8-13-7-4-5-11-15(13)16/h1-12,17-18H. The van der Waals surface area contributed by atoms with Crippen LogP contribution in [0.1, 0.15) is 0 Å². The molecule has 3 aromatic carbocycles. The molecule has 0 bridgehead atoms. The quantitative estimate of drug-likeness (QED) is 0.661. The number of benzene rings is 3. The molecule has 0 saturated heterocycles. The summed E-state index contributed by atoms with van der Waals surface area (Å²) < 4.78 is 0. The smallest absolute Gasteiger partial charge is 0.0618 e. The predicted molar refractivity (Wildman–Crippen MR) is 77.6 cm³/mol. The second-order valence-corrected chi connectivity index (χ2v) is 4.14. The van der Waals surface area contributed by atoms with E-state index in [1.165, 1.54) is 10.8 Å². The summed E-state index contributed by atoms with van der Waals surface area (Å²) >= 11 is 0. The van der Waals surface area contributed by atoms with Crippen LogP contribution in [0.25, 0.3) is 10.8 Å². The summed E-state index contributed by atoms with van der Waals surface area (Å²) in [6.07, 6.45) is 0. The van der Waals surface area contributed by atoms with Crippen molar-refractivity contribution in [1.82, 2.24) is 0 Å². The average Bonchev–Trinajstić information content (AvgIpc) is 2.46. The number of rotatable bonds is 3. The van der Waals surface area contributed by atoms with Crippen LogP contribution in [0, 0.1) is 0 Å². The second kappa shape index (κ2) is 4.80. The van der Waals surface area contributed by atoms with E-state index in [2.05, 4.69) is 53.3 Å². The predicted octanol–water partition coefficient (Wildman–Crippen LogP) is 4.28. The first-order valence-electron chi connectivity index (χ1n) is 5.98. The molecule has 0 aliphatic carbocycles. The van der Waals surface area contributed by atoms with Gasteiger partial charge >= 0.3 is 0 Å². The minimum absolute atomic E-state index is 1.05. The van der Waals surface area contributed by atoms with E-state index in [0.29, 0.717) is 0 Å². The zero-order valence-corrected chi connectivity index (χ0v) is 9.93. The minimum atomic E-state index is 1.05. The van der Waals surface area contributed by atoms with Gasteiger partial charge in [0.05, 0.1) is 11.4 Å². The Bertz CT molecular complexity index is 642. The molecule has 88 valence electrons. The summed E-state index contributed by atoms with van der Waals surface area (Å²) in [6, 6.07) is 24.6. The number of nitrogens with one attached hydrogen (secondary N) is 2. The Balaban J connectivity index is 1.87. The maximum atomic E-state index is 3.25. The van der Waals surface area contributed by atoms with Crippen LogP contribution in [0.3, 0.4) is 0 Å². The van der Waals surface area contributed by atoms with E-state index in [-0.39, 0.29) is 0 Å². The molecule has 2 nitrogen and oxygen atoms in total. The number of hydrogen-bond donors (Lipinski definition) is 2. The molecule has 0 aliphatic heterocycles. The third-order valence-electron chi connectivity index (χ3n) is 2.90. The van der Waals surface area contributed by atoms with Crippen molar-refractivity contribution in [1.29, 1.82) is 0 Å². The molecule has 0 aromatic heterocycles. The van der Waals surface area contributed by atoms with E-state index < -0.39 is 0 Å². The summed E-state index contributed by atoms with van der Waals surface area (Å²) in [7, 11) is 0. The molecular weight excluding hydrogens is 220 g/mol. The molecule has 2 heteroatoms. The van der Waals surface area contributed by atoms with Gasteiger partial charge in [0.2, 0.25) is 0 Å². The van der Waals surface area contributed by atoms with Crippen molar-refractivity contribution in [2.75, 3.05) is 10.9 Å². The zero-order valence-electron chi connectivity index (χ0n) is 9.93. The molecule has 0 fully saturated rings. The fraction of sp³-hybridized carbons (Fsp3) is 0. The molecule has 3 rings (SSSR count). The maximum Gasteiger partial charge on any atom is 0.0618 e. The van der Waals surface area contributed by atoms with Crippen LogP contribution in [-0.2, 0) is 0 Å². The van der Waals surface area contributed by atoms with Gasteiger partial charge in [0.15, 0.2) is 0 Å². The van der Waals surface area contributed by atoms with Gasteiger partial charge in [-0.15, -0.1) is 0 Å². The summed E-state index contributed by atoms with van der Waals surface area (Å²) in [5.41, 5.74) is 8.58. The lowest BCUT2D eigenvalue weighted by Crippen LogP contribution is -2.08. The van der Waals surface area contributed by atoms with E-state index in [4.69, 9.17) is 0 Å². The summed E-state index contributed by atoms with van der Waals surface area (Å²) in [6.45, 7) is 0. The van der Waals surface area contributed by atoms with E-state index in [1.54, 1.807) is 0 Å². The molecule has 0 unspecified atom stereocenters. The van der Waals surface area contributed by atoms with Crippen LogP contribution >= 0.6 is 0 Å². The van der Waals surface area contributed by atoms with Crippen molar-refractivity contribution in [2.45, 2.75) is 0 Å². The van der Waals surface area contributed by atoms with Gasteiger partial charge in [0.1, 0.15) is 0 Å². The van der Waals surface area contributed by atoms with Crippen molar-refractivity contribution in [3.8, 4) is 0 Å². The highest BCUT2D eigenvalue weighted by Crippen LogP contribution is 2.22. The lowest BCUT2D eigenvalue weighted by atomic mass is 10.1. The number of fused-ring (bicyclic) bond motifs is 1. The van der Waals surface area contributed by atoms with Crippen LogP contribution in [-0.4, -0.2) is 0 Å². The minimum Gasteiger partial charge on any atom is -0.301 e. The van der Waals surface area contributed by atoms with Gasteiger partial charge in [-0.1, -0.05) is 54.6 Å². The molecule has 0 saturated carbocycles. The average molecular weight is 234 g/mol. The topological polar surface area (TPSA) is 24.1 Å². The number of anilines is 2.